The van der Waals surface area contributed by atoms with E-state index in [1.54, 1.807) is 0 Å². The molecule has 0 aromatic rings. The summed E-state index contributed by atoms with van der Waals surface area (Å²) in [5.41, 5.74) is 0. The Morgan fingerprint density at radius 2 is 0.867 bits per heavy atom. The molecule has 0 aliphatic heterocycles. The van der Waals surface area contributed by atoms with Crippen molar-refractivity contribution in [2.75, 3.05) is 0 Å². The Hall–Kier alpha value is 0.428. The maximum absolute atomic E-state index is 9.22. The van der Waals surface area contributed by atoms with E-state index < -0.39 is 34.1 Å². The van der Waals surface area contributed by atoms with Crippen molar-refractivity contribution in [1.29, 1.82) is 0 Å². The molecule has 12 nitrogen and oxygen atoms in total. The minimum atomic E-state index is -4.59. The van der Waals surface area contributed by atoms with Crippen LogP contribution < -0.4 is 0 Å². The van der Waals surface area contributed by atoms with E-state index in [0.717, 1.165) is 0 Å². The van der Waals surface area contributed by atoms with Crippen molar-refractivity contribution in [2.24, 2.45) is 0 Å². The molecule has 0 fully saturated rings. The first-order valence-electron chi connectivity index (χ1n) is 2.23. The zero-order valence-corrected chi connectivity index (χ0v) is 11.2. The number of hydrogen-bond acceptors (Lipinski definition) is 8. The van der Waals surface area contributed by atoms with Crippen LogP contribution in [-0.2, 0) is 43.8 Å². The van der Waals surface area contributed by atoms with Crippen molar-refractivity contribution in [3.05, 3.63) is 0 Å². The summed E-state index contributed by atoms with van der Waals surface area (Å²) >= 11 is -2.25. The average Bonchev–Trinajstić information content (AvgIpc) is 2.04. The molecule has 15 heavy (non-hydrogen) atoms. The average molecular weight is 444 g/mol. The number of hydrogen-bond donors (Lipinski definition) is 6. The topological polar surface area (TPSA) is 208 Å². The van der Waals surface area contributed by atoms with Gasteiger partial charge in [0.05, 0.1) is 0 Å². The molecule has 0 unspecified atom stereocenters. The van der Waals surface area contributed by atoms with E-state index >= 15 is 0 Å². The summed E-state index contributed by atoms with van der Waals surface area (Å²) in [4.78, 5) is 29.9. The fourth-order valence-electron chi connectivity index (χ4n) is 0. The normalized spacial score (nSPS) is 10.3. The zero-order valence-electron chi connectivity index (χ0n) is 6.44. The molecule has 0 saturated heterocycles. The van der Waals surface area contributed by atoms with Crippen LogP contribution in [0.25, 0.3) is 0 Å². The fourth-order valence-corrected chi connectivity index (χ4v) is 0. The van der Waals surface area contributed by atoms with Gasteiger partial charge in [0.25, 0.3) is 0 Å². The van der Waals surface area contributed by atoms with Gasteiger partial charge >= 0.3 is 40.9 Å². The third kappa shape index (κ3) is 53.9. The quantitative estimate of drug-likeness (QED) is 0.170. The van der Waals surface area contributed by atoms with Crippen LogP contribution in [0.1, 0.15) is 0 Å². The number of phosphoric acid groups is 2. The summed E-state index contributed by atoms with van der Waals surface area (Å²) in [6.45, 7) is 0. The van der Waals surface area contributed by atoms with Gasteiger partial charge in [0, 0.05) is 0 Å². The standard InChI is InChI=1S/2H3O5P.2O.W/c2*1-5-6(2,3)4;;;/h2*1H,(H2,2,3,4);;;. The molecule has 0 radical (unpaired) electrons. The first kappa shape index (κ1) is 20.8. The molecule has 0 rings (SSSR count). The van der Waals surface area contributed by atoms with Crippen LogP contribution in [0, 0.1) is 0 Å². The molecule has 0 aromatic heterocycles. The Bertz CT molecular complexity index is 227. The monoisotopic (exact) mass is 444 g/mol. The van der Waals surface area contributed by atoms with Crippen molar-refractivity contribution < 1.29 is 73.9 Å². The van der Waals surface area contributed by atoms with E-state index in [9.17, 15) is 9.13 Å². The third-order valence-electron chi connectivity index (χ3n) is 0.213. The van der Waals surface area contributed by atoms with Gasteiger partial charge in [-0.1, -0.05) is 0 Å². The molecule has 0 saturated carbocycles. The Morgan fingerprint density at radius 3 is 0.867 bits per heavy atom. The van der Waals surface area contributed by atoms with Gasteiger partial charge in [0.1, 0.15) is 0 Å². The molecular weight excluding hydrogens is 438 g/mol. The van der Waals surface area contributed by atoms with Crippen molar-refractivity contribution >= 4 is 15.6 Å². The summed E-state index contributed by atoms with van der Waals surface area (Å²) in [6.07, 6.45) is 0. The molecule has 0 spiro atoms. The predicted molar refractivity (Wildman–Crippen MR) is 32.9 cm³/mol. The van der Waals surface area contributed by atoms with E-state index in [-0.39, 0.29) is 0 Å². The van der Waals surface area contributed by atoms with Gasteiger partial charge in [-0.2, -0.15) is 0 Å². The molecule has 0 bridgehead atoms. The zero-order chi connectivity index (χ0) is 13.1. The summed E-state index contributed by atoms with van der Waals surface area (Å²) < 4.78 is 40.7. The Labute approximate surface area is 89.9 Å². The molecule has 15 heteroatoms. The maximum atomic E-state index is 9.22. The van der Waals surface area contributed by atoms with E-state index in [4.69, 9.17) is 36.9 Å². The Morgan fingerprint density at radius 1 is 0.800 bits per heavy atom. The molecule has 0 amide bonds. The van der Waals surface area contributed by atoms with E-state index in [2.05, 4.69) is 9.35 Å². The predicted octanol–water partition coefficient (Wildman–Crippen LogP) is -1.10. The molecular formula is H6O12P2W. The van der Waals surface area contributed by atoms with Crippen LogP contribution in [0.3, 0.4) is 0 Å². The Balaban J connectivity index is -0.000000153. The SMILES string of the molecule is O=P(O)(O)OO.O=P(O)(O)OO.[O]=[W]=[O]. The van der Waals surface area contributed by atoms with Crippen LogP contribution in [0.15, 0.2) is 0 Å². The molecule has 0 aromatic carbocycles. The molecule has 94 valence electrons. The van der Waals surface area contributed by atoms with Crippen LogP contribution in [-0.4, -0.2) is 30.1 Å². The van der Waals surface area contributed by atoms with Crippen molar-refractivity contribution in [1.82, 2.24) is 0 Å². The molecule has 0 aliphatic rings. The summed E-state index contributed by atoms with van der Waals surface area (Å²) in [5.74, 6) is 0. The van der Waals surface area contributed by atoms with Crippen LogP contribution in [0.4, 0.5) is 0 Å². The van der Waals surface area contributed by atoms with Crippen molar-refractivity contribution in [3.63, 3.8) is 0 Å². The molecule has 0 heterocycles. The van der Waals surface area contributed by atoms with E-state index in [1.807, 2.05) is 0 Å². The van der Waals surface area contributed by atoms with Crippen LogP contribution in [0.2, 0.25) is 0 Å². The van der Waals surface area contributed by atoms with Crippen molar-refractivity contribution in [3.8, 4) is 0 Å². The molecule has 6 N–H and O–H groups in total. The van der Waals surface area contributed by atoms with Gasteiger partial charge in [-0.25, -0.2) is 19.6 Å². The first-order valence-corrected chi connectivity index (χ1v) is 7.68. The Kier molecular flexibility index (Phi) is 15.2. The van der Waals surface area contributed by atoms with Crippen LogP contribution in [0.5, 0.6) is 0 Å². The first-order chi connectivity index (χ1) is 6.54. The fraction of sp³-hybridized carbons (Fsp3) is 0. The number of rotatable bonds is 2. The minimum absolute atomic E-state index is 2.25. The second-order valence-electron chi connectivity index (χ2n) is 1.21. The van der Waals surface area contributed by atoms with E-state index in [1.165, 1.54) is 0 Å². The van der Waals surface area contributed by atoms with Crippen molar-refractivity contribution in [2.45, 2.75) is 0 Å². The summed E-state index contributed by atoms with van der Waals surface area (Å²) in [5, 5.41) is 14.3. The van der Waals surface area contributed by atoms with E-state index in [0.29, 0.717) is 0 Å². The van der Waals surface area contributed by atoms with Gasteiger partial charge < -0.3 is 19.6 Å². The summed E-state index contributed by atoms with van der Waals surface area (Å²) in [7, 11) is -9.18. The van der Waals surface area contributed by atoms with Gasteiger partial charge in [0.15, 0.2) is 0 Å². The van der Waals surface area contributed by atoms with Gasteiger partial charge in [-0.05, 0) is 0 Å². The third-order valence-corrected chi connectivity index (χ3v) is 0.638. The second kappa shape index (κ2) is 10.9. The van der Waals surface area contributed by atoms with Gasteiger partial charge in [-0.3, -0.25) is 0 Å². The molecule has 0 aliphatic carbocycles. The van der Waals surface area contributed by atoms with Gasteiger partial charge in [0.2, 0.25) is 0 Å². The summed E-state index contributed by atoms with van der Waals surface area (Å²) in [6, 6.07) is 0. The molecule has 0 atom stereocenters. The van der Waals surface area contributed by atoms with Crippen LogP contribution >= 0.6 is 15.6 Å². The second-order valence-corrected chi connectivity index (χ2v) is 3.99. The van der Waals surface area contributed by atoms with Gasteiger partial charge in [-0.15, -0.1) is 9.35 Å².